The molecule has 0 aliphatic carbocycles. The molecule has 19 heavy (non-hydrogen) atoms. The van der Waals surface area contributed by atoms with Crippen LogP contribution in [0.3, 0.4) is 0 Å². The second-order valence-corrected chi connectivity index (χ2v) is 5.99. The molecule has 102 valence electrons. The highest BCUT2D eigenvalue weighted by Crippen LogP contribution is 2.29. The van der Waals surface area contributed by atoms with Gasteiger partial charge in [-0.2, -0.15) is 0 Å². The molecule has 2 rings (SSSR count). The Bertz CT molecular complexity index is 561. The number of nitrogens with zero attached hydrogens (tertiary/aromatic N) is 3. The summed E-state index contributed by atoms with van der Waals surface area (Å²) < 4.78 is 3.70. The Kier molecular flexibility index (Phi) is 4.76. The number of aryl methyl sites for hydroxylation is 2. The van der Waals surface area contributed by atoms with Crippen molar-refractivity contribution in [2.45, 2.75) is 19.9 Å². The molecule has 0 saturated heterocycles. The standard InChI is InChI=1S/C13H16Br2N4/c1-4-16-11(12-13(15)17-18-19(12)3)9-5-6-10(14)8(2)7-9/h5-7,11,16H,4H2,1-3H3. The van der Waals surface area contributed by atoms with Crippen molar-refractivity contribution in [3.8, 4) is 0 Å². The van der Waals surface area contributed by atoms with Crippen molar-refractivity contribution in [3.05, 3.63) is 44.1 Å². The fourth-order valence-corrected chi connectivity index (χ4v) is 2.87. The maximum atomic E-state index is 4.07. The van der Waals surface area contributed by atoms with Gasteiger partial charge in [-0.25, -0.2) is 4.68 Å². The summed E-state index contributed by atoms with van der Waals surface area (Å²) >= 11 is 7.01. The molecule has 1 heterocycles. The number of aromatic nitrogens is 3. The lowest BCUT2D eigenvalue weighted by Crippen LogP contribution is -2.24. The molecular weight excluding hydrogens is 372 g/mol. The van der Waals surface area contributed by atoms with Crippen LogP contribution in [-0.4, -0.2) is 21.5 Å². The van der Waals surface area contributed by atoms with Crippen LogP contribution in [0.25, 0.3) is 0 Å². The van der Waals surface area contributed by atoms with Gasteiger partial charge in [-0.1, -0.05) is 40.2 Å². The molecule has 1 aromatic carbocycles. The van der Waals surface area contributed by atoms with Crippen LogP contribution in [-0.2, 0) is 7.05 Å². The molecule has 0 amide bonds. The molecule has 6 heteroatoms. The molecule has 1 N–H and O–H groups in total. The Morgan fingerprint density at radius 2 is 2.11 bits per heavy atom. The number of nitrogens with one attached hydrogen (secondary N) is 1. The first-order valence-electron chi connectivity index (χ1n) is 6.09. The normalized spacial score (nSPS) is 12.7. The van der Waals surface area contributed by atoms with Crippen LogP contribution in [0, 0.1) is 6.92 Å². The first-order chi connectivity index (χ1) is 9.04. The molecule has 0 spiro atoms. The maximum absolute atomic E-state index is 4.07. The summed E-state index contributed by atoms with van der Waals surface area (Å²) in [6.45, 7) is 5.06. The SMILES string of the molecule is CCNC(c1ccc(Br)c(C)c1)c1c(Br)nnn1C. The lowest BCUT2D eigenvalue weighted by Gasteiger charge is -2.19. The van der Waals surface area contributed by atoms with E-state index in [2.05, 4.69) is 79.5 Å². The summed E-state index contributed by atoms with van der Waals surface area (Å²) in [6, 6.07) is 6.44. The fraction of sp³-hybridized carbons (Fsp3) is 0.385. The highest BCUT2D eigenvalue weighted by molar-refractivity contribution is 9.10. The molecule has 0 saturated carbocycles. The molecule has 0 aliphatic rings. The average molecular weight is 388 g/mol. The van der Waals surface area contributed by atoms with Crippen molar-refractivity contribution < 1.29 is 0 Å². The summed E-state index contributed by atoms with van der Waals surface area (Å²) in [6.07, 6.45) is 0. The van der Waals surface area contributed by atoms with Crippen molar-refractivity contribution in [2.24, 2.45) is 7.05 Å². The van der Waals surface area contributed by atoms with E-state index < -0.39 is 0 Å². The van der Waals surface area contributed by atoms with Gasteiger partial charge in [0.1, 0.15) is 0 Å². The van der Waals surface area contributed by atoms with Gasteiger partial charge in [0.15, 0.2) is 4.60 Å². The second-order valence-electron chi connectivity index (χ2n) is 4.39. The summed E-state index contributed by atoms with van der Waals surface area (Å²) in [5.41, 5.74) is 3.45. The van der Waals surface area contributed by atoms with Crippen LogP contribution >= 0.6 is 31.9 Å². The zero-order chi connectivity index (χ0) is 14.0. The predicted octanol–water partition coefficient (Wildman–Crippen LogP) is 3.35. The molecule has 0 aliphatic heterocycles. The quantitative estimate of drug-likeness (QED) is 0.874. The summed E-state index contributed by atoms with van der Waals surface area (Å²) in [5, 5.41) is 11.6. The lowest BCUT2D eigenvalue weighted by atomic mass is 10.0. The van der Waals surface area contributed by atoms with Gasteiger partial charge in [-0.05, 0) is 46.6 Å². The molecule has 2 aromatic rings. The summed E-state index contributed by atoms with van der Waals surface area (Å²) in [5.74, 6) is 0. The molecular formula is C13H16Br2N4. The van der Waals surface area contributed by atoms with Crippen molar-refractivity contribution in [1.29, 1.82) is 0 Å². The van der Waals surface area contributed by atoms with Crippen LogP contribution in [0.4, 0.5) is 0 Å². The average Bonchev–Trinajstić information content (AvgIpc) is 2.70. The third-order valence-corrected chi connectivity index (χ3v) is 4.48. The van der Waals surface area contributed by atoms with Gasteiger partial charge in [-0.3, -0.25) is 0 Å². The van der Waals surface area contributed by atoms with E-state index in [4.69, 9.17) is 0 Å². The van der Waals surface area contributed by atoms with Crippen molar-refractivity contribution in [1.82, 2.24) is 20.3 Å². The first kappa shape index (κ1) is 14.7. The van der Waals surface area contributed by atoms with E-state index in [1.165, 1.54) is 11.1 Å². The molecule has 1 unspecified atom stereocenters. The van der Waals surface area contributed by atoms with Crippen LogP contribution in [0.2, 0.25) is 0 Å². The molecule has 1 aromatic heterocycles. The highest BCUT2D eigenvalue weighted by atomic mass is 79.9. The van der Waals surface area contributed by atoms with Crippen LogP contribution in [0.15, 0.2) is 27.3 Å². The monoisotopic (exact) mass is 386 g/mol. The second kappa shape index (κ2) is 6.15. The minimum absolute atomic E-state index is 0.0752. The zero-order valence-electron chi connectivity index (χ0n) is 11.1. The summed E-state index contributed by atoms with van der Waals surface area (Å²) in [4.78, 5) is 0. The Morgan fingerprint density at radius 1 is 1.37 bits per heavy atom. The maximum Gasteiger partial charge on any atom is 0.153 e. The molecule has 4 nitrogen and oxygen atoms in total. The van der Waals surface area contributed by atoms with E-state index in [1.807, 2.05) is 7.05 Å². The van der Waals surface area contributed by atoms with Crippen molar-refractivity contribution in [2.75, 3.05) is 6.54 Å². The number of hydrogen-bond donors (Lipinski definition) is 1. The van der Waals surface area contributed by atoms with Gasteiger partial charge in [0.25, 0.3) is 0 Å². The summed E-state index contributed by atoms with van der Waals surface area (Å²) in [7, 11) is 1.91. The van der Waals surface area contributed by atoms with E-state index in [-0.39, 0.29) is 6.04 Å². The van der Waals surface area contributed by atoms with Crippen molar-refractivity contribution >= 4 is 31.9 Å². The Hall–Kier alpha value is -0.720. The number of halogens is 2. The van der Waals surface area contributed by atoms with Crippen LogP contribution in [0.1, 0.15) is 29.8 Å². The van der Waals surface area contributed by atoms with Gasteiger partial charge in [0.2, 0.25) is 0 Å². The van der Waals surface area contributed by atoms with Crippen LogP contribution < -0.4 is 5.32 Å². The Labute approximate surface area is 129 Å². The predicted molar refractivity (Wildman–Crippen MR) is 83.1 cm³/mol. The number of rotatable bonds is 4. The highest BCUT2D eigenvalue weighted by Gasteiger charge is 2.21. The largest absolute Gasteiger partial charge is 0.305 e. The topological polar surface area (TPSA) is 42.7 Å². The minimum Gasteiger partial charge on any atom is -0.305 e. The van der Waals surface area contributed by atoms with E-state index in [1.54, 1.807) is 4.68 Å². The fourth-order valence-electron chi connectivity index (χ4n) is 2.07. The van der Waals surface area contributed by atoms with Gasteiger partial charge in [0, 0.05) is 11.5 Å². The van der Waals surface area contributed by atoms with E-state index in [9.17, 15) is 0 Å². The Morgan fingerprint density at radius 3 is 2.63 bits per heavy atom. The zero-order valence-corrected chi connectivity index (χ0v) is 14.3. The Balaban J connectivity index is 2.48. The van der Waals surface area contributed by atoms with E-state index >= 15 is 0 Å². The minimum atomic E-state index is 0.0752. The number of hydrogen-bond acceptors (Lipinski definition) is 3. The molecule has 0 radical (unpaired) electrons. The third kappa shape index (κ3) is 3.07. The van der Waals surface area contributed by atoms with E-state index in [0.29, 0.717) is 0 Å². The van der Waals surface area contributed by atoms with Crippen LogP contribution in [0.5, 0.6) is 0 Å². The first-order valence-corrected chi connectivity index (χ1v) is 7.67. The van der Waals surface area contributed by atoms with E-state index in [0.717, 1.165) is 21.3 Å². The number of benzene rings is 1. The van der Waals surface area contributed by atoms with Gasteiger partial charge >= 0.3 is 0 Å². The third-order valence-electron chi connectivity index (χ3n) is 3.02. The van der Waals surface area contributed by atoms with Crippen molar-refractivity contribution in [3.63, 3.8) is 0 Å². The lowest BCUT2D eigenvalue weighted by molar-refractivity contribution is 0.567. The van der Waals surface area contributed by atoms with Gasteiger partial charge in [0.05, 0.1) is 11.7 Å². The van der Waals surface area contributed by atoms with Gasteiger partial charge in [-0.15, -0.1) is 5.10 Å². The van der Waals surface area contributed by atoms with Gasteiger partial charge < -0.3 is 5.32 Å². The molecule has 0 bridgehead atoms. The smallest absolute Gasteiger partial charge is 0.153 e. The molecule has 0 fully saturated rings. The molecule has 1 atom stereocenters.